The van der Waals surface area contributed by atoms with Crippen LogP contribution in [0.3, 0.4) is 0 Å². The minimum absolute atomic E-state index is 0.0333. The first-order chi connectivity index (χ1) is 10.7. The fourth-order valence-corrected chi connectivity index (χ4v) is 2.68. The molecule has 0 aliphatic carbocycles. The Morgan fingerprint density at radius 2 is 1.96 bits per heavy atom. The Balaban J connectivity index is 2.05. The number of carbonyl (C=O) groups excluding carboxylic acids is 2. The van der Waals surface area contributed by atoms with Gasteiger partial charge in [-0.3, -0.25) is 9.59 Å². The van der Waals surface area contributed by atoms with Crippen molar-refractivity contribution < 1.29 is 22.8 Å². The van der Waals surface area contributed by atoms with E-state index in [1.165, 1.54) is 0 Å². The summed E-state index contributed by atoms with van der Waals surface area (Å²) in [5, 5.41) is 2.76. The number of anilines is 1. The van der Waals surface area contributed by atoms with Gasteiger partial charge in [0, 0.05) is 18.8 Å². The Labute approximate surface area is 132 Å². The minimum atomic E-state index is -4.90. The number of hydrogen-bond donors (Lipinski definition) is 1. The molecule has 0 bridgehead atoms. The van der Waals surface area contributed by atoms with Crippen molar-refractivity contribution >= 4 is 17.5 Å². The second-order valence-electron chi connectivity index (χ2n) is 5.82. The molecule has 1 N–H and O–H groups in total. The molecule has 2 rings (SSSR count). The van der Waals surface area contributed by atoms with Gasteiger partial charge in [-0.05, 0) is 43.9 Å². The van der Waals surface area contributed by atoms with Crippen molar-refractivity contribution in [3.8, 4) is 0 Å². The van der Waals surface area contributed by atoms with E-state index in [2.05, 4.69) is 5.32 Å². The second-order valence-corrected chi connectivity index (χ2v) is 5.82. The van der Waals surface area contributed by atoms with Crippen molar-refractivity contribution in [3.63, 3.8) is 0 Å². The molecule has 4 nitrogen and oxygen atoms in total. The number of carbonyl (C=O) groups is 2. The van der Waals surface area contributed by atoms with Crippen LogP contribution in [0, 0.1) is 19.8 Å². The molecular formula is C16H19F3N2O2. The number of nitrogens with zero attached hydrogens (tertiary/aromatic N) is 1. The van der Waals surface area contributed by atoms with Gasteiger partial charge >= 0.3 is 12.1 Å². The molecule has 126 valence electrons. The number of likely N-dealkylation sites (tertiary alicyclic amines) is 1. The third kappa shape index (κ3) is 4.03. The van der Waals surface area contributed by atoms with Crippen LogP contribution in [0.2, 0.25) is 0 Å². The molecular weight excluding hydrogens is 309 g/mol. The zero-order valence-electron chi connectivity index (χ0n) is 13.0. The summed E-state index contributed by atoms with van der Waals surface area (Å²) in [5.41, 5.74) is 2.58. The molecule has 7 heteroatoms. The van der Waals surface area contributed by atoms with Gasteiger partial charge in [0.2, 0.25) is 5.91 Å². The predicted octanol–water partition coefficient (Wildman–Crippen LogP) is 3.04. The first kappa shape index (κ1) is 17.3. The second kappa shape index (κ2) is 6.60. The van der Waals surface area contributed by atoms with Crippen molar-refractivity contribution in [1.29, 1.82) is 0 Å². The van der Waals surface area contributed by atoms with Crippen LogP contribution in [0.4, 0.5) is 18.9 Å². The maximum Gasteiger partial charge on any atom is 0.471 e. The Hall–Kier alpha value is -2.05. The summed E-state index contributed by atoms with van der Waals surface area (Å²) in [6.07, 6.45) is -4.05. The third-order valence-corrected chi connectivity index (χ3v) is 4.18. The number of alkyl halides is 3. The summed E-state index contributed by atoms with van der Waals surface area (Å²) < 4.78 is 37.5. The fourth-order valence-electron chi connectivity index (χ4n) is 2.68. The van der Waals surface area contributed by atoms with Gasteiger partial charge in [-0.15, -0.1) is 0 Å². The largest absolute Gasteiger partial charge is 0.471 e. The zero-order chi connectivity index (χ0) is 17.2. The topological polar surface area (TPSA) is 49.4 Å². The lowest BCUT2D eigenvalue weighted by Crippen LogP contribution is -2.48. The zero-order valence-corrected chi connectivity index (χ0v) is 13.0. The van der Waals surface area contributed by atoms with Crippen LogP contribution in [0.15, 0.2) is 18.2 Å². The molecule has 0 aromatic heterocycles. The highest BCUT2D eigenvalue weighted by Gasteiger charge is 2.44. The highest BCUT2D eigenvalue weighted by Crippen LogP contribution is 2.25. The molecule has 1 saturated heterocycles. The number of rotatable bonds is 2. The number of benzene rings is 1. The van der Waals surface area contributed by atoms with Crippen molar-refractivity contribution in [2.45, 2.75) is 32.9 Å². The summed E-state index contributed by atoms with van der Waals surface area (Å²) in [5.74, 6) is -2.85. The highest BCUT2D eigenvalue weighted by atomic mass is 19.4. The molecule has 1 atom stereocenters. The van der Waals surface area contributed by atoms with Gasteiger partial charge in [-0.25, -0.2) is 0 Å². The summed E-state index contributed by atoms with van der Waals surface area (Å²) in [6, 6.07) is 5.47. The van der Waals surface area contributed by atoms with Crippen LogP contribution >= 0.6 is 0 Å². The number of piperidine rings is 1. The van der Waals surface area contributed by atoms with E-state index in [1.54, 1.807) is 12.1 Å². The number of aryl methyl sites for hydroxylation is 1. The lowest BCUT2D eigenvalue weighted by atomic mass is 9.96. The maximum absolute atomic E-state index is 12.5. The van der Waals surface area contributed by atoms with E-state index in [1.807, 2.05) is 19.9 Å². The normalized spacial score (nSPS) is 18.7. The molecule has 1 aromatic rings. The van der Waals surface area contributed by atoms with Crippen molar-refractivity contribution in [2.75, 3.05) is 18.4 Å². The van der Waals surface area contributed by atoms with Gasteiger partial charge in [0.15, 0.2) is 0 Å². The van der Waals surface area contributed by atoms with Gasteiger partial charge in [0.25, 0.3) is 0 Å². The number of nitrogens with one attached hydrogen (secondary N) is 1. The molecule has 1 heterocycles. The first-order valence-electron chi connectivity index (χ1n) is 7.43. The van der Waals surface area contributed by atoms with Gasteiger partial charge in [0.05, 0.1) is 5.92 Å². The molecule has 0 saturated carbocycles. The standard InChI is InChI=1S/C16H19F3N2O2/c1-10-5-3-7-13(11(10)2)20-14(22)12-6-4-8-21(9-12)15(23)16(17,18)19/h3,5,7,12H,4,6,8-9H2,1-2H3,(H,20,22). The van der Waals surface area contributed by atoms with Gasteiger partial charge in [-0.1, -0.05) is 12.1 Å². The van der Waals surface area contributed by atoms with E-state index in [4.69, 9.17) is 0 Å². The quantitative estimate of drug-likeness (QED) is 0.907. The molecule has 23 heavy (non-hydrogen) atoms. The Kier molecular flexibility index (Phi) is 4.97. The fraction of sp³-hybridized carbons (Fsp3) is 0.500. The van der Waals surface area contributed by atoms with E-state index in [-0.39, 0.29) is 19.0 Å². The van der Waals surface area contributed by atoms with Crippen LogP contribution in [-0.4, -0.2) is 36.0 Å². The summed E-state index contributed by atoms with van der Waals surface area (Å²) in [6.45, 7) is 3.61. The van der Waals surface area contributed by atoms with Gasteiger partial charge in [0.1, 0.15) is 0 Å². The Morgan fingerprint density at radius 1 is 1.26 bits per heavy atom. The molecule has 1 fully saturated rings. The van der Waals surface area contributed by atoms with Crippen LogP contribution in [-0.2, 0) is 9.59 Å². The van der Waals surface area contributed by atoms with Crippen molar-refractivity contribution in [2.24, 2.45) is 5.92 Å². The molecule has 1 unspecified atom stereocenters. The molecule has 1 aliphatic rings. The maximum atomic E-state index is 12.5. The van der Waals surface area contributed by atoms with E-state index in [9.17, 15) is 22.8 Å². The Morgan fingerprint density at radius 3 is 2.61 bits per heavy atom. The minimum Gasteiger partial charge on any atom is -0.334 e. The summed E-state index contributed by atoms with van der Waals surface area (Å²) >= 11 is 0. The van der Waals surface area contributed by atoms with E-state index >= 15 is 0 Å². The average Bonchev–Trinajstić information content (AvgIpc) is 2.50. The lowest BCUT2D eigenvalue weighted by Gasteiger charge is -2.32. The predicted molar refractivity (Wildman–Crippen MR) is 79.9 cm³/mol. The summed E-state index contributed by atoms with van der Waals surface area (Å²) in [7, 11) is 0. The number of amides is 2. The third-order valence-electron chi connectivity index (χ3n) is 4.18. The van der Waals surface area contributed by atoms with E-state index in [0.29, 0.717) is 18.5 Å². The van der Waals surface area contributed by atoms with Crippen LogP contribution < -0.4 is 5.32 Å². The van der Waals surface area contributed by atoms with Crippen molar-refractivity contribution in [1.82, 2.24) is 4.90 Å². The van der Waals surface area contributed by atoms with E-state index in [0.717, 1.165) is 16.0 Å². The first-order valence-corrected chi connectivity index (χ1v) is 7.43. The smallest absolute Gasteiger partial charge is 0.334 e. The molecule has 0 spiro atoms. The highest BCUT2D eigenvalue weighted by molar-refractivity contribution is 5.94. The molecule has 0 radical (unpaired) electrons. The molecule has 1 aromatic carbocycles. The monoisotopic (exact) mass is 328 g/mol. The van der Waals surface area contributed by atoms with Crippen LogP contribution in [0.25, 0.3) is 0 Å². The molecule has 2 amide bonds. The van der Waals surface area contributed by atoms with Crippen LogP contribution in [0.1, 0.15) is 24.0 Å². The average molecular weight is 328 g/mol. The summed E-state index contributed by atoms with van der Waals surface area (Å²) in [4.78, 5) is 24.4. The number of halogens is 3. The lowest BCUT2D eigenvalue weighted by molar-refractivity contribution is -0.187. The van der Waals surface area contributed by atoms with Crippen LogP contribution in [0.5, 0.6) is 0 Å². The van der Waals surface area contributed by atoms with E-state index < -0.39 is 18.0 Å². The van der Waals surface area contributed by atoms with Crippen molar-refractivity contribution in [3.05, 3.63) is 29.3 Å². The Bertz CT molecular complexity index is 614. The van der Waals surface area contributed by atoms with Gasteiger partial charge < -0.3 is 10.2 Å². The number of hydrogen-bond acceptors (Lipinski definition) is 2. The SMILES string of the molecule is Cc1cccc(NC(=O)C2CCCN(C(=O)C(F)(F)F)C2)c1C. The van der Waals surface area contributed by atoms with Gasteiger partial charge in [-0.2, -0.15) is 13.2 Å². The molecule has 1 aliphatic heterocycles.